The van der Waals surface area contributed by atoms with Gasteiger partial charge in [0.25, 0.3) is 0 Å². The van der Waals surface area contributed by atoms with Gasteiger partial charge >= 0.3 is 5.97 Å². The van der Waals surface area contributed by atoms with Crippen molar-refractivity contribution in [3.8, 4) is 0 Å². The van der Waals surface area contributed by atoms with Gasteiger partial charge in [0, 0.05) is 12.6 Å². The Hall–Kier alpha value is -1.26. The van der Waals surface area contributed by atoms with Crippen molar-refractivity contribution in [2.24, 2.45) is 0 Å². The summed E-state index contributed by atoms with van der Waals surface area (Å²) >= 11 is 5.98. The third kappa shape index (κ3) is 4.24. The van der Waals surface area contributed by atoms with Crippen LogP contribution in [0.25, 0.3) is 0 Å². The number of benzene rings is 1. The summed E-state index contributed by atoms with van der Waals surface area (Å²) in [7, 11) is 0. The lowest BCUT2D eigenvalue weighted by Crippen LogP contribution is -2.21. The lowest BCUT2D eigenvalue weighted by atomic mass is 10.2. The van der Waals surface area contributed by atoms with Gasteiger partial charge in [0.05, 0.1) is 22.9 Å². The molecule has 0 aliphatic rings. The molecular weight excluding hydrogens is 242 g/mol. The fourth-order valence-electron chi connectivity index (χ4n) is 1.37. The summed E-state index contributed by atoms with van der Waals surface area (Å²) in [4.78, 5) is 10.7. The summed E-state index contributed by atoms with van der Waals surface area (Å²) in [5.74, 6) is -0.985. The number of carboxylic acid groups (broad SMARTS) is 1. The number of nitrogens with one attached hydrogen (secondary N) is 1. The molecule has 4 nitrogen and oxygen atoms in total. The first kappa shape index (κ1) is 13.8. The summed E-state index contributed by atoms with van der Waals surface area (Å²) in [6.45, 7) is 5.14. The topological polar surface area (TPSA) is 58.6 Å². The molecule has 0 aliphatic heterocycles. The van der Waals surface area contributed by atoms with Gasteiger partial charge in [-0.15, -0.1) is 0 Å². The molecular formula is C12H16ClNO3. The van der Waals surface area contributed by atoms with Crippen LogP contribution < -0.4 is 5.32 Å². The molecule has 1 aromatic carbocycles. The van der Waals surface area contributed by atoms with Gasteiger partial charge in [0.2, 0.25) is 0 Å². The van der Waals surface area contributed by atoms with Gasteiger partial charge in [-0.25, -0.2) is 4.79 Å². The van der Waals surface area contributed by atoms with Crippen LogP contribution in [-0.4, -0.2) is 30.3 Å². The van der Waals surface area contributed by atoms with Gasteiger partial charge in [-0.05, 0) is 32.0 Å². The minimum Gasteiger partial charge on any atom is -0.478 e. The Morgan fingerprint density at radius 1 is 1.59 bits per heavy atom. The molecule has 0 aliphatic carbocycles. The Kier molecular flexibility index (Phi) is 5.25. The van der Waals surface area contributed by atoms with E-state index < -0.39 is 5.97 Å². The van der Waals surface area contributed by atoms with Crippen LogP contribution in [0.2, 0.25) is 5.02 Å². The first-order chi connectivity index (χ1) is 8.04. The van der Waals surface area contributed by atoms with Crippen LogP contribution in [-0.2, 0) is 4.74 Å². The molecule has 0 bridgehead atoms. The van der Waals surface area contributed by atoms with Gasteiger partial charge in [-0.3, -0.25) is 0 Å². The molecule has 1 unspecified atom stereocenters. The van der Waals surface area contributed by atoms with Crippen molar-refractivity contribution in [2.75, 3.05) is 18.5 Å². The first-order valence-corrected chi connectivity index (χ1v) is 5.79. The van der Waals surface area contributed by atoms with Crippen molar-refractivity contribution in [1.29, 1.82) is 0 Å². The number of aromatic carboxylic acids is 1. The van der Waals surface area contributed by atoms with E-state index in [1.165, 1.54) is 12.1 Å². The van der Waals surface area contributed by atoms with Crippen LogP contribution in [0.4, 0.5) is 5.69 Å². The van der Waals surface area contributed by atoms with Crippen LogP contribution in [0.15, 0.2) is 18.2 Å². The van der Waals surface area contributed by atoms with E-state index in [0.29, 0.717) is 23.9 Å². The predicted octanol–water partition coefficient (Wildman–Crippen LogP) is 2.88. The number of hydrogen-bond acceptors (Lipinski definition) is 3. The molecule has 94 valence electrons. The number of anilines is 1. The third-order valence-corrected chi connectivity index (χ3v) is 2.50. The number of carbonyl (C=O) groups is 1. The zero-order chi connectivity index (χ0) is 12.8. The number of ether oxygens (including phenoxy) is 1. The Labute approximate surface area is 106 Å². The van der Waals surface area contributed by atoms with Crippen molar-refractivity contribution in [3.05, 3.63) is 28.8 Å². The summed E-state index contributed by atoms with van der Waals surface area (Å²) in [6, 6.07) is 4.72. The van der Waals surface area contributed by atoms with Crippen molar-refractivity contribution in [2.45, 2.75) is 19.9 Å². The molecule has 5 heteroatoms. The maximum atomic E-state index is 10.7. The van der Waals surface area contributed by atoms with Crippen molar-refractivity contribution < 1.29 is 14.6 Å². The molecule has 1 atom stereocenters. The van der Waals surface area contributed by atoms with Gasteiger partial charge < -0.3 is 15.2 Å². The minimum atomic E-state index is -0.985. The maximum absolute atomic E-state index is 10.7. The molecule has 0 saturated heterocycles. The van der Waals surface area contributed by atoms with Crippen molar-refractivity contribution in [1.82, 2.24) is 0 Å². The van der Waals surface area contributed by atoms with Crippen LogP contribution >= 0.6 is 11.6 Å². The highest BCUT2D eigenvalue weighted by atomic mass is 35.5. The van der Waals surface area contributed by atoms with Crippen molar-refractivity contribution >= 4 is 23.3 Å². The average molecular weight is 258 g/mol. The molecule has 0 saturated carbocycles. The zero-order valence-corrected chi connectivity index (χ0v) is 10.6. The molecule has 0 amide bonds. The molecule has 17 heavy (non-hydrogen) atoms. The van der Waals surface area contributed by atoms with E-state index in [9.17, 15) is 4.79 Å². The van der Waals surface area contributed by atoms with E-state index in [2.05, 4.69) is 5.32 Å². The molecule has 0 aromatic heterocycles. The number of hydrogen-bond donors (Lipinski definition) is 2. The lowest BCUT2D eigenvalue weighted by Gasteiger charge is -2.16. The van der Waals surface area contributed by atoms with E-state index >= 15 is 0 Å². The average Bonchev–Trinajstić information content (AvgIpc) is 2.28. The highest BCUT2D eigenvalue weighted by molar-refractivity contribution is 6.33. The summed E-state index contributed by atoms with van der Waals surface area (Å²) in [5.41, 5.74) is 0.891. The van der Waals surface area contributed by atoms with Crippen LogP contribution in [0.5, 0.6) is 0 Å². The van der Waals surface area contributed by atoms with Gasteiger partial charge in [0.15, 0.2) is 0 Å². The molecule has 1 rings (SSSR count). The summed E-state index contributed by atoms with van der Waals surface area (Å²) in [6.07, 6.45) is 0. The highest BCUT2D eigenvalue weighted by Crippen LogP contribution is 2.23. The van der Waals surface area contributed by atoms with Crippen LogP contribution in [0.3, 0.4) is 0 Å². The number of halogens is 1. The van der Waals surface area contributed by atoms with Gasteiger partial charge in [-0.1, -0.05) is 11.6 Å². The first-order valence-electron chi connectivity index (χ1n) is 5.41. The van der Waals surface area contributed by atoms with Gasteiger partial charge in [-0.2, -0.15) is 0 Å². The fourth-order valence-corrected chi connectivity index (χ4v) is 1.60. The monoisotopic (exact) mass is 257 g/mol. The van der Waals surface area contributed by atoms with E-state index in [1.807, 2.05) is 13.8 Å². The standard InChI is InChI=1S/C12H16ClNO3/c1-3-17-7-8(2)14-11-5-4-9(12(15)16)6-10(11)13/h4-6,8,14H,3,7H2,1-2H3,(H,15,16). The minimum absolute atomic E-state index is 0.114. The van der Waals surface area contributed by atoms with Gasteiger partial charge in [0.1, 0.15) is 0 Å². The number of rotatable bonds is 6. The third-order valence-electron chi connectivity index (χ3n) is 2.19. The second kappa shape index (κ2) is 6.47. The van der Waals surface area contributed by atoms with Crippen molar-refractivity contribution in [3.63, 3.8) is 0 Å². The molecule has 0 fully saturated rings. The van der Waals surface area contributed by atoms with E-state index in [-0.39, 0.29) is 11.6 Å². The summed E-state index contributed by atoms with van der Waals surface area (Å²) in [5, 5.41) is 12.4. The van der Waals surface area contributed by atoms with E-state index in [1.54, 1.807) is 6.07 Å². The molecule has 0 spiro atoms. The SMILES string of the molecule is CCOCC(C)Nc1ccc(C(=O)O)cc1Cl. The summed E-state index contributed by atoms with van der Waals surface area (Å²) < 4.78 is 5.27. The normalized spacial score (nSPS) is 12.2. The second-order valence-electron chi connectivity index (χ2n) is 3.70. The largest absolute Gasteiger partial charge is 0.478 e. The maximum Gasteiger partial charge on any atom is 0.335 e. The molecule has 2 N–H and O–H groups in total. The molecule has 0 heterocycles. The Bertz CT molecular complexity index is 395. The van der Waals surface area contributed by atoms with E-state index in [0.717, 1.165) is 0 Å². The van der Waals surface area contributed by atoms with Crippen LogP contribution in [0.1, 0.15) is 24.2 Å². The zero-order valence-electron chi connectivity index (χ0n) is 9.87. The quantitative estimate of drug-likeness (QED) is 0.823. The Morgan fingerprint density at radius 2 is 2.29 bits per heavy atom. The predicted molar refractivity (Wildman–Crippen MR) is 68.0 cm³/mol. The Balaban J connectivity index is 2.69. The van der Waals surface area contributed by atoms with Crippen LogP contribution in [0, 0.1) is 0 Å². The lowest BCUT2D eigenvalue weighted by molar-refractivity contribution is 0.0697. The smallest absolute Gasteiger partial charge is 0.335 e. The fraction of sp³-hybridized carbons (Fsp3) is 0.417. The molecule has 1 aromatic rings. The van der Waals surface area contributed by atoms with E-state index in [4.69, 9.17) is 21.4 Å². The highest BCUT2D eigenvalue weighted by Gasteiger charge is 2.09. The molecule has 0 radical (unpaired) electrons. The Morgan fingerprint density at radius 3 is 2.82 bits per heavy atom. The number of carboxylic acids is 1. The second-order valence-corrected chi connectivity index (χ2v) is 4.11.